The maximum absolute atomic E-state index is 12.6. The summed E-state index contributed by atoms with van der Waals surface area (Å²) in [6.45, 7) is 5.20. The molecule has 0 fully saturated rings. The molecule has 5 heteroatoms. The van der Waals surface area contributed by atoms with E-state index in [0.717, 1.165) is 17.4 Å². The predicted octanol–water partition coefficient (Wildman–Crippen LogP) is 5.89. The van der Waals surface area contributed by atoms with Gasteiger partial charge in [-0.15, -0.1) is 0 Å². The van der Waals surface area contributed by atoms with Gasteiger partial charge in [-0.1, -0.05) is 23.2 Å². The molecule has 0 aliphatic heterocycles. The fraction of sp³-hybridized carbons (Fsp3) is 0.250. The van der Waals surface area contributed by atoms with E-state index in [1.54, 1.807) is 33.1 Å². The third-order valence-corrected chi connectivity index (χ3v) is 3.66. The van der Waals surface area contributed by atoms with Crippen molar-refractivity contribution >= 4 is 23.2 Å². The van der Waals surface area contributed by atoms with Crippen molar-refractivity contribution in [2.45, 2.75) is 20.8 Å². The molecule has 0 heterocycles. The molecule has 0 N–H and O–H groups in total. The van der Waals surface area contributed by atoms with Crippen LogP contribution in [0.5, 0.6) is 5.75 Å². The number of hydrogen-bond acceptors (Lipinski definition) is 1. The van der Waals surface area contributed by atoms with E-state index >= 15 is 0 Å². The Labute approximate surface area is 133 Å². The highest BCUT2D eigenvalue weighted by atomic mass is 35.5. The van der Waals surface area contributed by atoms with Gasteiger partial charge in [0.15, 0.2) is 0 Å². The summed E-state index contributed by atoms with van der Waals surface area (Å²) in [5.41, 5.74) is 2.08. The van der Waals surface area contributed by atoms with Crippen molar-refractivity contribution in [3.05, 3.63) is 62.6 Å². The minimum Gasteiger partial charge on any atom is -0.496 e. The predicted molar refractivity (Wildman–Crippen MR) is 83.6 cm³/mol. The molecule has 0 saturated carbocycles. The van der Waals surface area contributed by atoms with Crippen LogP contribution in [0, 0.1) is 32.4 Å². The maximum Gasteiger partial charge on any atom is 0.129 e. The SMILES string of the molecule is COc1cc(Cl)cc(Cl)c1C.Cc1cc(F)cc(F)c1C. The van der Waals surface area contributed by atoms with Crippen molar-refractivity contribution in [2.24, 2.45) is 0 Å². The number of methoxy groups -OCH3 is 1. The summed E-state index contributed by atoms with van der Waals surface area (Å²) >= 11 is 11.6. The summed E-state index contributed by atoms with van der Waals surface area (Å²) in [6.07, 6.45) is 0. The highest BCUT2D eigenvalue weighted by Crippen LogP contribution is 2.29. The van der Waals surface area contributed by atoms with Crippen molar-refractivity contribution < 1.29 is 13.5 Å². The van der Waals surface area contributed by atoms with Gasteiger partial charge in [-0.3, -0.25) is 0 Å². The number of halogens is 4. The van der Waals surface area contributed by atoms with Crippen LogP contribution in [0.1, 0.15) is 16.7 Å². The molecule has 0 radical (unpaired) electrons. The van der Waals surface area contributed by atoms with Gasteiger partial charge < -0.3 is 4.74 Å². The van der Waals surface area contributed by atoms with Crippen molar-refractivity contribution in [1.29, 1.82) is 0 Å². The third kappa shape index (κ3) is 4.87. The molecule has 0 unspecified atom stereocenters. The van der Waals surface area contributed by atoms with E-state index < -0.39 is 11.6 Å². The molecule has 0 aliphatic rings. The summed E-state index contributed by atoms with van der Waals surface area (Å²) in [6, 6.07) is 5.64. The van der Waals surface area contributed by atoms with Crippen LogP contribution in [-0.2, 0) is 0 Å². The Kier molecular flexibility index (Phi) is 6.43. The number of rotatable bonds is 1. The van der Waals surface area contributed by atoms with E-state index in [1.807, 2.05) is 6.92 Å². The van der Waals surface area contributed by atoms with Crippen LogP contribution in [-0.4, -0.2) is 7.11 Å². The second-order valence-corrected chi connectivity index (χ2v) is 5.39. The first-order valence-corrected chi connectivity index (χ1v) is 6.93. The molecule has 2 aromatic rings. The van der Waals surface area contributed by atoms with Gasteiger partial charge in [-0.25, -0.2) is 8.78 Å². The fourth-order valence-electron chi connectivity index (χ4n) is 1.61. The highest BCUT2D eigenvalue weighted by Gasteiger charge is 2.04. The molecule has 0 spiro atoms. The van der Waals surface area contributed by atoms with Gasteiger partial charge in [0.2, 0.25) is 0 Å². The molecule has 1 nitrogen and oxygen atoms in total. The van der Waals surface area contributed by atoms with E-state index in [4.69, 9.17) is 27.9 Å². The molecule has 0 saturated heterocycles. The second kappa shape index (κ2) is 7.62. The van der Waals surface area contributed by atoms with Crippen LogP contribution in [0.4, 0.5) is 8.78 Å². The Morgan fingerprint density at radius 3 is 2.05 bits per heavy atom. The van der Waals surface area contributed by atoms with Crippen LogP contribution in [0.2, 0.25) is 10.0 Å². The molecule has 0 atom stereocenters. The van der Waals surface area contributed by atoms with E-state index in [9.17, 15) is 8.78 Å². The van der Waals surface area contributed by atoms with Crippen LogP contribution < -0.4 is 4.74 Å². The van der Waals surface area contributed by atoms with Crippen LogP contribution in [0.15, 0.2) is 24.3 Å². The molecule has 2 rings (SSSR count). The lowest BCUT2D eigenvalue weighted by Gasteiger charge is -2.05. The first kappa shape index (κ1) is 17.7. The molecule has 2 aromatic carbocycles. The molecule has 114 valence electrons. The number of hydrogen-bond donors (Lipinski definition) is 0. The quantitative estimate of drug-likeness (QED) is 0.632. The lowest BCUT2D eigenvalue weighted by molar-refractivity contribution is 0.412. The summed E-state index contributed by atoms with van der Waals surface area (Å²) in [5, 5.41) is 1.23. The monoisotopic (exact) mass is 332 g/mol. The van der Waals surface area contributed by atoms with Gasteiger partial charge in [-0.05, 0) is 50.1 Å². The fourth-order valence-corrected chi connectivity index (χ4v) is 2.08. The van der Waals surface area contributed by atoms with E-state index in [2.05, 4.69) is 0 Å². The average Bonchev–Trinajstić information content (AvgIpc) is 2.40. The largest absolute Gasteiger partial charge is 0.496 e. The second-order valence-electron chi connectivity index (χ2n) is 4.54. The normalized spacial score (nSPS) is 9.90. The van der Waals surface area contributed by atoms with E-state index in [0.29, 0.717) is 21.2 Å². The molecule has 0 amide bonds. The minimum atomic E-state index is -0.513. The molecule has 0 aromatic heterocycles. The summed E-state index contributed by atoms with van der Waals surface area (Å²) in [4.78, 5) is 0. The molecule has 0 bridgehead atoms. The molecular weight excluding hydrogens is 317 g/mol. The molecular formula is C16H16Cl2F2O. The summed E-state index contributed by atoms with van der Waals surface area (Å²) in [5.74, 6) is -0.263. The Bertz CT molecular complexity index is 619. The maximum atomic E-state index is 12.6. The molecule has 21 heavy (non-hydrogen) atoms. The highest BCUT2D eigenvalue weighted by molar-refractivity contribution is 6.35. The van der Waals surface area contributed by atoms with Crippen molar-refractivity contribution in [1.82, 2.24) is 0 Å². The van der Waals surface area contributed by atoms with Gasteiger partial charge >= 0.3 is 0 Å². The zero-order valence-electron chi connectivity index (χ0n) is 12.2. The van der Waals surface area contributed by atoms with Gasteiger partial charge in [0.25, 0.3) is 0 Å². The van der Waals surface area contributed by atoms with Crippen LogP contribution >= 0.6 is 23.2 Å². The summed E-state index contributed by atoms with van der Waals surface area (Å²) < 4.78 is 30.0. The summed E-state index contributed by atoms with van der Waals surface area (Å²) in [7, 11) is 1.59. The average molecular weight is 333 g/mol. The van der Waals surface area contributed by atoms with Crippen LogP contribution in [0.3, 0.4) is 0 Å². The topological polar surface area (TPSA) is 9.23 Å². The van der Waals surface area contributed by atoms with Gasteiger partial charge in [0, 0.05) is 21.7 Å². The van der Waals surface area contributed by atoms with Crippen molar-refractivity contribution in [3.63, 3.8) is 0 Å². The van der Waals surface area contributed by atoms with Crippen molar-refractivity contribution in [2.75, 3.05) is 7.11 Å². The van der Waals surface area contributed by atoms with Gasteiger partial charge in [0.1, 0.15) is 17.4 Å². The first-order chi connectivity index (χ1) is 9.76. The van der Waals surface area contributed by atoms with Gasteiger partial charge in [-0.2, -0.15) is 0 Å². The minimum absolute atomic E-state index is 0.475. The Morgan fingerprint density at radius 1 is 0.905 bits per heavy atom. The Hall–Kier alpha value is -1.32. The third-order valence-electron chi connectivity index (χ3n) is 3.05. The molecule has 0 aliphatic carbocycles. The smallest absolute Gasteiger partial charge is 0.129 e. The van der Waals surface area contributed by atoms with Crippen LogP contribution in [0.25, 0.3) is 0 Å². The van der Waals surface area contributed by atoms with E-state index in [-0.39, 0.29) is 0 Å². The van der Waals surface area contributed by atoms with E-state index in [1.165, 1.54) is 6.07 Å². The van der Waals surface area contributed by atoms with Crippen molar-refractivity contribution in [3.8, 4) is 5.75 Å². The zero-order valence-corrected chi connectivity index (χ0v) is 13.7. The first-order valence-electron chi connectivity index (χ1n) is 6.18. The number of benzene rings is 2. The Balaban J connectivity index is 0.000000211. The lowest BCUT2D eigenvalue weighted by Crippen LogP contribution is -1.88. The lowest BCUT2D eigenvalue weighted by atomic mass is 10.1. The zero-order chi connectivity index (χ0) is 16.2. The number of ether oxygens (including phenoxy) is 1. The van der Waals surface area contributed by atoms with Gasteiger partial charge in [0.05, 0.1) is 7.11 Å². The number of aryl methyl sites for hydroxylation is 1. The Morgan fingerprint density at radius 2 is 1.52 bits per heavy atom. The standard InChI is InChI=1S/C8H8Cl2O.C8H8F2/c1-5-7(10)3-6(9)4-8(5)11-2;1-5-3-7(9)4-8(10)6(5)2/h3-4H,1-2H3;3-4H,1-2H3.